The van der Waals surface area contributed by atoms with Gasteiger partial charge in [-0.3, -0.25) is 9.58 Å². The number of carboxylic acids is 1. The van der Waals surface area contributed by atoms with Crippen LogP contribution >= 0.6 is 0 Å². The van der Waals surface area contributed by atoms with Gasteiger partial charge < -0.3 is 5.11 Å². The van der Waals surface area contributed by atoms with Gasteiger partial charge >= 0.3 is 5.97 Å². The van der Waals surface area contributed by atoms with E-state index in [0.29, 0.717) is 12.5 Å². The summed E-state index contributed by atoms with van der Waals surface area (Å²) in [7, 11) is 0. The molecule has 1 aliphatic rings. The van der Waals surface area contributed by atoms with E-state index in [0.717, 1.165) is 38.2 Å². The number of hydrogen-bond acceptors (Lipinski definition) is 5. The van der Waals surface area contributed by atoms with Crippen LogP contribution in [-0.2, 0) is 13.1 Å². The fourth-order valence-electron chi connectivity index (χ4n) is 3.85. The van der Waals surface area contributed by atoms with Gasteiger partial charge in [0, 0.05) is 31.4 Å². The molecule has 4 rings (SSSR count). The third-order valence-corrected chi connectivity index (χ3v) is 5.21. The molecule has 2 aromatic heterocycles. The molecule has 8 nitrogen and oxygen atoms in total. The molecule has 1 aromatic carbocycles. The molecule has 0 amide bonds. The van der Waals surface area contributed by atoms with E-state index in [1.54, 1.807) is 4.68 Å². The fraction of sp³-hybridized carbons (Fsp3) is 0.400. The van der Waals surface area contributed by atoms with Crippen LogP contribution in [0, 0.1) is 12.8 Å². The van der Waals surface area contributed by atoms with Gasteiger partial charge in [0.15, 0.2) is 5.69 Å². The van der Waals surface area contributed by atoms with Crippen LogP contribution in [-0.4, -0.2) is 53.8 Å². The van der Waals surface area contributed by atoms with Gasteiger partial charge in [-0.1, -0.05) is 23.4 Å². The zero-order valence-electron chi connectivity index (χ0n) is 15.9. The first-order valence-corrected chi connectivity index (χ1v) is 9.54. The molecule has 3 heterocycles. The highest BCUT2D eigenvalue weighted by Gasteiger charge is 2.22. The zero-order valence-corrected chi connectivity index (χ0v) is 15.9. The number of carbonyl (C=O) groups is 1. The summed E-state index contributed by atoms with van der Waals surface area (Å²) in [6.45, 7) is 5.66. The average molecular weight is 380 g/mol. The van der Waals surface area contributed by atoms with Gasteiger partial charge in [0.2, 0.25) is 0 Å². The number of rotatable bonds is 6. The summed E-state index contributed by atoms with van der Waals surface area (Å²) in [5, 5.41) is 21.1. The minimum absolute atomic E-state index is 0.00344. The first-order chi connectivity index (χ1) is 13.6. The van der Waals surface area contributed by atoms with E-state index in [2.05, 4.69) is 45.6 Å². The Kier molecular flexibility index (Phi) is 5.21. The Balaban J connectivity index is 1.37. The Morgan fingerprint density at radius 1 is 1.29 bits per heavy atom. The number of aromatic nitrogens is 5. The van der Waals surface area contributed by atoms with Gasteiger partial charge in [-0.05, 0) is 43.9 Å². The van der Waals surface area contributed by atoms with Crippen LogP contribution in [0.2, 0.25) is 0 Å². The topological polar surface area (TPSA) is 89.1 Å². The first-order valence-electron chi connectivity index (χ1n) is 9.54. The maximum absolute atomic E-state index is 11.0. The molecule has 1 atom stereocenters. The van der Waals surface area contributed by atoms with Gasteiger partial charge in [-0.2, -0.15) is 5.10 Å². The lowest BCUT2D eigenvalue weighted by Crippen LogP contribution is -2.36. The number of aryl methyl sites for hydroxylation is 1. The maximum atomic E-state index is 11.0. The average Bonchev–Trinajstić information content (AvgIpc) is 3.32. The first kappa shape index (κ1) is 18.4. The van der Waals surface area contributed by atoms with Gasteiger partial charge in [-0.25, -0.2) is 9.48 Å². The predicted molar refractivity (Wildman–Crippen MR) is 103 cm³/mol. The van der Waals surface area contributed by atoms with E-state index in [-0.39, 0.29) is 5.69 Å². The summed E-state index contributed by atoms with van der Waals surface area (Å²) in [5.74, 6) is -0.606. The number of benzene rings is 1. The molecule has 8 heteroatoms. The Morgan fingerprint density at radius 3 is 2.93 bits per heavy atom. The van der Waals surface area contributed by atoms with Crippen LogP contribution in [0.5, 0.6) is 0 Å². The summed E-state index contributed by atoms with van der Waals surface area (Å²) in [6, 6.07) is 8.23. The van der Waals surface area contributed by atoms with E-state index in [1.807, 2.05) is 23.0 Å². The highest BCUT2D eigenvalue weighted by atomic mass is 16.4. The molecule has 1 fully saturated rings. The number of hydrogen-bond donors (Lipinski definition) is 1. The normalized spacial score (nSPS) is 17.7. The van der Waals surface area contributed by atoms with Crippen LogP contribution in [0.4, 0.5) is 0 Å². The molecule has 146 valence electrons. The van der Waals surface area contributed by atoms with Crippen molar-refractivity contribution in [3.63, 3.8) is 0 Å². The van der Waals surface area contributed by atoms with Crippen molar-refractivity contribution >= 4 is 5.97 Å². The lowest BCUT2D eigenvalue weighted by atomic mass is 9.98. The van der Waals surface area contributed by atoms with E-state index in [9.17, 15) is 4.79 Å². The van der Waals surface area contributed by atoms with E-state index in [4.69, 9.17) is 5.11 Å². The third-order valence-electron chi connectivity index (χ3n) is 5.21. The predicted octanol–water partition coefficient (Wildman–Crippen LogP) is 2.38. The van der Waals surface area contributed by atoms with Crippen LogP contribution in [0.1, 0.15) is 34.5 Å². The number of nitrogens with zero attached hydrogens (tertiary/aromatic N) is 6. The van der Waals surface area contributed by atoms with E-state index >= 15 is 0 Å². The number of piperidine rings is 1. The number of likely N-dealkylation sites (tertiary alicyclic amines) is 1. The van der Waals surface area contributed by atoms with Crippen molar-refractivity contribution in [2.75, 3.05) is 13.1 Å². The number of aromatic carboxylic acids is 1. The summed E-state index contributed by atoms with van der Waals surface area (Å²) in [5.41, 5.74) is 3.49. The summed E-state index contributed by atoms with van der Waals surface area (Å²) >= 11 is 0. The second-order valence-corrected chi connectivity index (χ2v) is 7.45. The van der Waals surface area contributed by atoms with Crippen LogP contribution < -0.4 is 0 Å². The fourth-order valence-corrected chi connectivity index (χ4v) is 3.85. The van der Waals surface area contributed by atoms with Crippen molar-refractivity contribution in [1.29, 1.82) is 0 Å². The standard InChI is InChI=1S/C20H24N6O2/c1-15-5-2-3-7-19(15)26-13-17(9-21-26)11-24-8-4-6-16(10-24)12-25-14-18(20(27)28)22-23-25/h2-3,5,7,9,13-14,16H,4,6,8,10-12H2,1H3,(H,27,28)/t16-/m0/s1. The second kappa shape index (κ2) is 7.93. The molecule has 3 aromatic rings. The molecule has 0 unspecified atom stereocenters. The van der Waals surface area contributed by atoms with Gasteiger partial charge in [0.1, 0.15) is 0 Å². The lowest BCUT2D eigenvalue weighted by Gasteiger charge is -2.32. The minimum atomic E-state index is -1.04. The molecule has 1 aliphatic heterocycles. The maximum Gasteiger partial charge on any atom is 0.358 e. The van der Waals surface area contributed by atoms with E-state index in [1.165, 1.54) is 17.3 Å². The molecular weight excluding hydrogens is 356 g/mol. The molecule has 0 bridgehead atoms. The monoisotopic (exact) mass is 380 g/mol. The summed E-state index contributed by atoms with van der Waals surface area (Å²) < 4.78 is 3.59. The van der Waals surface area contributed by atoms with Crippen molar-refractivity contribution < 1.29 is 9.90 Å². The smallest absolute Gasteiger partial charge is 0.358 e. The Bertz CT molecular complexity index is 963. The van der Waals surface area contributed by atoms with Crippen LogP contribution in [0.15, 0.2) is 42.9 Å². The molecule has 0 aliphatic carbocycles. The lowest BCUT2D eigenvalue weighted by molar-refractivity contribution is 0.0690. The second-order valence-electron chi connectivity index (χ2n) is 7.45. The Hall–Kier alpha value is -3.00. The molecule has 0 spiro atoms. The van der Waals surface area contributed by atoms with Crippen molar-refractivity contribution in [2.24, 2.45) is 5.92 Å². The van der Waals surface area contributed by atoms with E-state index < -0.39 is 5.97 Å². The number of carboxylic acid groups (broad SMARTS) is 1. The van der Waals surface area contributed by atoms with Gasteiger partial charge in [0.05, 0.1) is 18.1 Å². The number of para-hydroxylation sites is 1. The van der Waals surface area contributed by atoms with Crippen molar-refractivity contribution in [3.8, 4) is 5.69 Å². The van der Waals surface area contributed by atoms with Crippen molar-refractivity contribution in [1.82, 2.24) is 29.7 Å². The molecular formula is C20H24N6O2. The van der Waals surface area contributed by atoms with Gasteiger partial charge in [0.25, 0.3) is 0 Å². The van der Waals surface area contributed by atoms with Crippen molar-refractivity contribution in [3.05, 3.63) is 59.7 Å². The van der Waals surface area contributed by atoms with Crippen LogP contribution in [0.25, 0.3) is 5.69 Å². The Morgan fingerprint density at radius 2 is 2.14 bits per heavy atom. The molecule has 0 radical (unpaired) electrons. The third kappa shape index (κ3) is 4.12. The Labute approximate surface area is 163 Å². The molecule has 1 saturated heterocycles. The summed E-state index contributed by atoms with van der Waals surface area (Å²) in [4.78, 5) is 13.4. The minimum Gasteiger partial charge on any atom is -0.476 e. The summed E-state index contributed by atoms with van der Waals surface area (Å²) in [6.07, 6.45) is 7.78. The molecule has 1 N–H and O–H groups in total. The van der Waals surface area contributed by atoms with Crippen LogP contribution in [0.3, 0.4) is 0 Å². The zero-order chi connectivity index (χ0) is 19.5. The highest BCUT2D eigenvalue weighted by Crippen LogP contribution is 2.21. The highest BCUT2D eigenvalue weighted by molar-refractivity contribution is 5.84. The molecule has 28 heavy (non-hydrogen) atoms. The van der Waals surface area contributed by atoms with Crippen molar-refractivity contribution in [2.45, 2.75) is 32.9 Å². The SMILES string of the molecule is Cc1ccccc1-n1cc(CN2CCC[C@H](Cn3cc(C(=O)O)nn3)C2)cn1. The quantitative estimate of drug-likeness (QED) is 0.706. The van der Waals surface area contributed by atoms with Gasteiger partial charge in [-0.15, -0.1) is 5.10 Å². The largest absolute Gasteiger partial charge is 0.476 e. The molecule has 0 saturated carbocycles.